The number of pyridine rings is 2. The third-order valence-corrected chi connectivity index (χ3v) is 4.20. The van der Waals surface area contributed by atoms with E-state index in [0.717, 1.165) is 10.9 Å². The van der Waals surface area contributed by atoms with Gasteiger partial charge >= 0.3 is 0 Å². The number of hydrogen-bond acceptors (Lipinski definition) is 3. The van der Waals surface area contributed by atoms with Crippen molar-refractivity contribution in [3.8, 4) is 0 Å². The van der Waals surface area contributed by atoms with Crippen molar-refractivity contribution in [2.75, 3.05) is 0 Å². The van der Waals surface area contributed by atoms with Gasteiger partial charge in [-0.3, -0.25) is 9.97 Å². The first kappa shape index (κ1) is 9.38. The molecule has 69 valence electrons. The molecule has 0 saturated carbocycles. The maximum absolute atomic E-state index is 5.41. The number of aromatic nitrogens is 2. The molecule has 0 aliphatic heterocycles. The second kappa shape index (κ2) is 4.36. The van der Waals surface area contributed by atoms with Crippen molar-refractivity contribution in [1.29, 1.82) is 0 Å². The highest BCUT2D eigenvalue weighted by Crippen LogP contribution is 2.15. The lowest BCUT2D eigenvalue weighted by molar-refractivity contribution is 1.38. The minimum Gasteiger partial charge on any atom is -0.251 e. The molecule has 2 heterocycles. The quantitative estimate of drug-likeness (QED) is 0.713. The van der Waals surface area contributed by atoms with E-state index < -0.39 is 6.70 Å². The molecular formula is C10H8N2PS. The molecular weight excluding hydrogens is 211 g/mol. The molecule has 0 saturated heterocycles. The summed E-state index contributed by atoms with van der Waals surface area (Å²) in [6.07, 6.45) is 3.53. The summed E-state index contributed by atoms with van der Waals surface area (Å²) < 4.78 is 0. The largest absolute Gasteiger partial charge is 0.251 e. The van der Waals surface area contributed by atoms with Gasteiger partial charge in [0.25, 0.3) is 0 Å². The Bertz CT molecular complexity index is 389. The van der Waals surface area contributed by atoms with Gasteiger partial charge in [-0.05, 0) is 24.3 Å². The number of rotatable bonds is 2. The fourth-order valence-corrected chi connectivity index (χ4v) is 2.73. The molecule has 1 radical (unpaired) electrons. The first-order chi connectivity index (χ1) is 6.88. The Morgan fingerprint density at radius 3 is 1.71 bits per heavy atom. The second-order valence-electron chi connectivity index (χ2n) is 2.67. The van der Waals surface area contributed by atoms with E-state index in [1.165, 1.54) is 0 Å². The molecule has 0 amide bonds. The van der Waals surface area contributed by atoms with Gasteiger partial charge in [-0.1, -0.05) is 23.9 Å². The third-order valence-electron chi connectivity index (χ3n) is 1.71. The highest BCUT2D eigenvalue weighted by Gasteiger charge is 2.03. The average Bonchev–Trinajstić information content (AvgIpc) is 2.30. The first-order valence-electron chi connectivity index (χ1n) is 4.17. The molecule has 2 nitrogen and oxygen atoms in total. The lowest BCUT2D eigenvalue weighted by Gasteiger charge is -2.01. The number of hydrogen-bond donors (Lipinski definition) is 0. The van der Waals surface area contributed by atoms with E-state index in [0.29, 0.717) is 0 Å². The van der Waals surface area contributed by atoms with Gasteiger partial charge < -0.3 is 0 Å². The van der Waals surface area contributed by atoms with Crippen LogP contribution in [0.25, 0.3) is 0 Å². The summed E-state index contributed by atoms with van der Waals surface area (Å²) in [5.74, 6) is 0. The van der Waals surface area contributed by atoms with Crippen LogP contribution < -0.4 is 10.9 Å². The lowest BCUT2D eigenvalue weighted by atomic mass is 10.5. The normalized spacial score (nSPS) is 9.71. The summed E-state index contributed by atoms with van der Waals surface area (Å²) in [6.45, 7) is -0.810. The summed E-state index contributed by atoms with van der Waals surface area (Å²) in [5, 5.41) is 0. The Labute approximate surface area is 88.5 Å². The van der Waals surface area contributed by atoms with Gasteiger partial charge in [0.05, 0.1) is 10.9 Å². The van der Waals surface area contributed by atoms with Gasteiger partial charge in [-0.2, -0.15) is 0 Å². The zero-order valence-corrected chi connectivity index (χ0v) is 9.08. The molecule has 0 N–H and O–H groups in total. The molecule has 0 aromatic carbocycles. The highest BCUT2D eigenvalue weighted by molar-refractivity contribution is 8.11. The standard InChI is InChI=1S/C10H8N2PS/c14-13(9-5-1-3-7-11-9)10-6-2-4-8-12-10/h1-8H. The van der Waals surface area contributed by atoms with Crippen molar-refractivity contribution in [2.24, 2.45) is 0 Å². The maximum atomic E-state index is 5.41. The van der Waals surface area contributed by atoms with Crippen LogP contribution in [-0.4, -0.2) is 9.97 Å². The van der Waals surface area contributed by atoms with E-state index in [1.807, 2.05) is 36.4 Å². The van der Waals surface area contributed by atoms with Crippen molar-refractivity contribution < 1.29 is 0 Å². The lowest BCUT2D eigenvalue weighted by Crippen LogP contribution is -2.11. The van der Waals surface area contributed by atoms with Crippen molar-refractivity contribution >= 4 is 29.4 Å². The number of nitrogens with zero attached hydrogens (tertiary/aromatic N) is 2. The van der Waals surface area contributed by atoms with Gasteiger partial charge in [-0.25, -0.2) is 0 Å². The van der Waals surface area contributed by atoms with Crippen LogP contribution in [0.1, 0.15) is 0 Å². The predicted octanol–water partition coefficient (Wildman–Crippen LogP) is 1.37. The fraction of sp³-hybridized carbons (Fsp3) is 0. The van der Waals surface area contributed by atoms with Crippen LogP contribution in [0.5, 0.6) is 0 Å². The maximum Gasteiger partial charge on any atom is 0.0980 e. The Hall–Kier alpha value is -1.18. The Kier molecular flexibility index (Phi) is 2.92. The summed E-state index contributed by atoms with van der Waals surface area (Å²) in [6, 6.07) is 11.6. The molecule has 0 atom stereocenters. The zero-order chi connectivity index (χ0) is 9.80. The molecule has 0 aliphatic rings. The van der Waals surface area contributed by atoms with Gasteiger partial charge in [-0.15, -0.1) is 0 Å². The van der Waals surface area contributed by atoms with Gasteiger partial charge in [0, 0.05) is 19.1 Å². The molecule has 0 unspecified atom stereocenters. The van der Waals surface area contributed by atoms with E-state index in [4.69, 9.17) is 11.8 Å². The van der Waals surface area contributed by atoms with Crippen LogP contribution in [0.15, 0.2) is 48.8 Å². The van der Waals surface area contributed by atoms with E-state index in [1.54, 1.807) is 12.4 Å². The first-order valence-corrected chi connectivity index (χ1v) is 6.53. The SMILES string of the molecule is S=[P](c1ccccn1)c1ccccn1. The monoisotopic (exact) mass is 219 g/mol. The molecule has 4 heteroatoms. The van der Waals surface area contributed by atoms with Crippen molar-refractivity contribution in [3.05, 3.63) is 48.8 Å². The Morgan fingerprint density at radius 2 is 1.36 bits per heavy atom. The van der Waals surface area contributed by atoms with Crippen LogP contribution >= 0.6 is 6.70 Å². The van der Waals surface area contributed by atoms with E-state index >= 15 is 0 Å². The Morgan fingerprint density at radius 1 is 0.857 bits per heavy atom. The summed E-state index contributed by atoms with van der Waals surface area (Å²) in [7, 11) is 0. The molecule has 14 heavy (non-hydrogen) atoms. The molecule has 2 aromatic rings. The van der Waals surface area contributed by atoms with E-state index in [2.05, 4.69) is 9.97 Å². The second-order valence-corrected chi connectivity index (χ2v) is 5.27. The van der Waals surface area contributed by atoms with E-state index in [-0.39, 0.29) is 0 Å². The van der Waals surface area contributed by atoms with Gasteiger partial charge in [0.15, 0.2) is 0 Å². The molecule has 2 aromatic heterocycles. The topological polar surface area (TPSA) is 25.8 Å². The molecule has 0 fully saturated rings. The molecule has 0 spiro atoms. The van der Waals surface area contributed by atoms with Crippen LogP contribution in [-0.2, 0) is 11.8 Å². The smallest absolute Gasteiger partial charge is 0.0980 e. The van der Waals surface area contributed by atoms with Crippen molar-refractivity contribution in [2.45, 2.75) is 0 Å². The molecule has 0 bridgehead atoms. The van der Waals surface area contributed by atoms with Gasteiger partial charge in [0.1, 0.15) is 0 Å². The highest BCUT2D eigenvalue weighted by atomic mass is 32.4. The van der Waals surface area contributed by atoms with Crippen LogP contribution in [0.2, 0.25) is 0 Å². The minimum atomic E-state index is -0.810. The van der Waals surface area contributed by atoms with Crippen molar-refractivity contribution in [3.63, 3.8) is 0 Å². The summed E-state index contributed by atoms with van der Waals surface area (Å²) in [5.41, 5.74) is 1.88. The minimum absolute atomic E-state index is 0.810. The predicted molar refractivity (Wildman–Crippen MR) is 62.0 cm³/mol. The van der Waals surface area contributed by atoms with Crippen molar-refractivity contribution in [1.82, 2.24) is 9.97 Å². The van der Waals surface area contributed by atoms with E-state index in [9.17, 15) is 0 Å². The average molecular weight is 219 g/mol. The zero-order valence-electron chi connectivity index (χ0n) is 7.37. The summed E-state index contributed by atoms with van der Waals surface area (Å²) in [4.78, 5) is 8.48. The van der Waals surface area contributed by atoms with Crippen LogP contribution in [0, 0.1) is 0 Å². The third kappa shape index (κ3) is 2.00. The van der Waals surface area contributed by atoms with Gasteiger partial charge in [0.2, 0.25) is 0 Å². The molecule has 0 aliphatic carbocycles. The fourth-order valence-electron chi connectivity index (χ4n) is 1.07. The van der Waals surface area contributed by atoms with Crippen LogP contribution in [0.3, 0.4) is 0 Å². The van der Waals surface area contributed by atoms with Crippen LogP contribution in [0.4, 0.5) is 0 Å². The summed E-state index contributed by atoms with van der Waals surface area (Å²) >= 11 is 5.41. The molecule has 2 rings (SSSR count). The Balaban J connectivity index is 2.35.